The van der Waals surface area contributed by atoms with Crippen molar-refractivity contribution in [1.29, 1.82) is 0 Å². The van der Waals surface area contributed by atoms with Crippen molar-refractivity contribution in [3.8, 4) is 0 Å². The fraction of sp³-hybridized carbons (Fsp3) is 0.778. The van der Waals surface area contributed by atoms with Crippen molar-refractivity contribution < 1.29 is 0 Å². The minimum absolute atomic E-state index is 0.693. The summed E-state index contributed by atoms with van der Waals surface area (Å²) in [4.78, 5) is 0. The van der Waals surface area contributed by atoms with Crippen LogP contribution < -0.4 is 0 Å². The molecule has 1 atom stereocenters. The van der Waals surface area contributed by atoms with Gasteiger partial charge in [0.2, 0.25) is 0 Å². The zero-order valence-corrected chi connectivity index (χ0v) is 11.2. The number of rotatable bonds is 3. The van der Waals surface area contributed by atoms with E-state index in [-0.39, 0.29) is 0 Å². The minimum Gasteiger partial charge on any atom is -0.303 e. The van der Waals surface area contributed by atoms with E-state index in [1.165, 1.54) is 17.3 Å². The number of aromatic amines is 1. The normalized spacial score (nSPS) is 21.8. The molecule has 2 heterocycles. The molecule has 0 bridgehead atoms. The molecular formula is C9H15N3S3. The monoisotopic (exact) mass is 261 g/mol. The minimum atomic E-state index is 0.693. The third-order valence-electron chi connectivity index (χ3n) is 2.42. The Hall–Kier alpha value is 0.0600. The van der Waals surface area contributed by atoms with E-state index < -0.39 is 0 Å². The van der Waals surface area contributed by atoms with Crippen LogP contribution in [0.3, 0.4) is 0 Å². The third-order valence-corrected chi connectivity index (χ3v) is 5.56. The maximum Gasteiger partial charge on any atom is 0.195 e. The van der Waals surface area contributed by atoms with Crippen LogP contribution in [0.5, 0.6) is 0 Å². The molecule has 1 aliphatic heterocycles. The van der Waals surface area contributed by atoms with Gasteiger partial charge in [0.25, 0.3) is 0 Å². The van der Waals surface area contributed by atoms with E-state index in [9.17, 15) is 0 Å². The zero-order chi connectivity index (χ0) is 10.7. The second kappa shape index (κ2) is 5.41. The van der Waals surface area contributed by atoms with Gasteiger partial charge in [-0.3, -0.25) is 5.10 Å². The molecule has 1 fully saturated rings. The van der Waals surface area contributed by atoms with Gasteiger partial charge < -0.3 is 4.57 Å². The molecule has 1 saturated heterocycles. The smallest absolute Gasteiger partial charge is 0.195 e. The van der Waals surface area contributed by atoms with E-state index in [2.05, 4.69) is 33.5 Å². The topological polar surface area (TPSA) is 33.6 Å². The summed E-state index contributed by atoms with van der Waals surface area (Å²) in [5.74, 6) is 4.87. The first kappa shape index (κ1) is 11.5. The van der Waals surface area contributed by atoms with Gasteiger partial charge in [-0.15, -0.1) is 0 Å². The largest absolute Gasteiger partial charge is 0.303 e. The summed E-state index contributed by atoms with van der Waals surface area (Å²) in [5, 5.41) is 7.80. The Bertz CT molecular complexity index is 365. The van der Waals surface area contributed by atoms with Crippen LogP contribution in [-0.4, -0.2) is 37.3 Å². The van der Waals surface area contributed by atoms with Crippen molar-refractivity contribution in [2.24, 2.45) is 0 Å². The molecule has 1 aliphatic rings. The van der Waals surface area contributed by atoms with Crippen molar-refractivity contribution in [1.82, 2.24) is 14.8 Å². The average Bonchev–Trinajstić information content (AvgIpc) is 2.62. The second-order valence-corrected chi connectivity index (χ2v) is 6.42. The molecule has 3 nitrogen and oxygen atoms in total. The summed E-state index contributed by atoms with van der Waals surface area (Å²) in [5.41, 5.74) is 0. The molecular weight excluding hydrogens is 246 g/mol. The Labute approximate surface area is 103 Å². The molecule has 0 spiro atoms. The van der Waals surface area contributed by atoms with Crippen LogP contribution in [0.25, 0.3) is 0 Å². The molecule has 15 heavy (non-hydrogen) atoms. The Kier molecular flexibility index (Phi) is 4.16. The molecule has 0 aromatic carbocycles. The third kappa shape index (κ3) is 2.79. The highest BCUT2D eigenvalue weighted by molar-refractivity contribution is 8.06. The standard InChI is InChI=1S/C9H15N3S3/c1-2-8-10-11-9(13)12(8)5-7-6-14-3-4-15-7/h7H,2-6H2,1H3,(H,11,13). The summed E-state index contributed by atoms with van der Waals surface area (Å²) < 4.78 is 2.92. The highest BCUT2D eigenvalue weighted by atomic mass is 32.2. The Morgan fingerprint density at radius 3 is 3.13 bits per heavy atom. The van der Waals surface area contributed by atoms with Crippen LogP contribution in [0.2, 0.25) is 0 Å². The molecule has 1 unspecified atom stereocenters. The Morgan fingerprint density at radius 1 is 1.60 bits per heavy atom. The molecule has 1 N–H and O–H groups in total. The predicted molar refractivity (Wildman–Crippen MR) is 70.4 cm³/mol. The molecule has 0 aliphatic carbocycles. The lowest BCUT2D eigenvalue weighted by Gasteiger charge is -2.21. The van der Waals surface area contributed by atoms with Crippen molar-refractivity contribution in [3.05, 3.63) is 10.6 Å². The van der Waals surface area contributed by atoms with Crippen LogP contribution >= 0.6 is 35.7 Å². The van der Waals surface area contributed by atoms with Crippen LogP contribution in [0, 0.1) is 4.77 Å². The lowest BCUT2D eigenvalue weighted by Crippen LogP contribution is -2.21. The molecule has 0 amide bonds. The lowest BCUT2D eigenvalue weighted by molar-refractivity contribution is 0.648. The maximum absolute atomic E-state index is 5.24. The quantitative estimate of drug-likeness (QED) is 0.847. The van der Waals surface area contributed by atoms with Crippen molar-refractivity contribution in [3.63, 3.8) is 0 Å². The summed E-state index contributed by atoms with van der Waals surface area (Å²) in [6.07, 6.45) is 0.942. The summed E-state index contributed by atoms with van der Waals surface area (Å²) >= 11 is 9.34. The van der Waals surface area contributed by atoms with Crippen LogP contribution in [0.1, 0.15) is 12.7 Å². The highest BCUT2D eigenvalue weighted by Crippen LogP contribution is 2.25. The van der Waals surface area contributed by atoms with E-state index in [1.54, 1.807) is 0 Å². The van der Waals surface area contributed by atoms with Gasteiger partial charge in [-0.1, -0.05) is 6.92 Å². The molecule has 2 rings (SSSR count). The lowest BCUT2D eigenvalue weighted by atomic mass is 10.4. The Morgan fingerprint density at radius 2 is 2.47 bits per heavy atom. The van der Waals surface area contributed by atoms with Crippen molar-refractivity contribution in [2.45, 2.75) is 25.1 Å². The molecule has 84 valence electrons. The predicted octanol–water partition coefficient (Wildman–Crippen LogP) is 2.35. The van der Waals surface area contributed by atoms with Gasteiger partial charge in [0.05, 0.1) is 0 Å². The SMILES string of the molecule is CCc1n[nH]c(=S)n1CC1CSCCS1. The molecule has 0 saturated carbocycles. The number of nitrogens with one attached hydrogen (secondary N) is 1. The summed E-state index contributed by atoms with van der Waals surface area (Å²) in [7, 11) is 0. The molecule has 0 radical (unpaired) electrons. The van der Waals surface area contributed by atoms with Gasteiger partial charge in [0.1, 0.15) is 5.82 Å². The number of H-pyrrole nitrogens is 1. The second-order valence-electron chi connectivity index (χ2n) is 3.48. The number of aryl methyl sites for hydroxylation is 1. The van der Waals surface area contributed by atoms with E-state index in [0.29, 0.717) is 5.25 Å². The van der Waals surface area contributed by atoms with Gasteiger partial charge in [0.15, 0.2) is 4.77 Å². The van der Waals surface area contributed by atoms with Crippen molar-refractivity contribution in [2.75, 3.05) is 17.3 Å². The number of hydrogen-bond donors (Lipinski definition) is 1. The molecule has 6 heteroatoms. The average molecular weight is 261 g/mol. The first-order valence-corrected chi connectivity index (χ1v) is 7.76. The van der Waals surface area contributed by atoms with Gasteiger partial charge >= 0.3 is 0 Å². The maximum atomic E-state index is 5.24. The van der Waals surface area contributed by atoms with E-state index in [4.69, 9.17) is 12.2 Å². The first-order chi connectivity index (χ1) is 7.31. The van der Waals surface area contributed by atoms with Gasteiger partial charge in [0, 0.05) is 35.5 Å². The molecule has 1 aromatic heterocycles. The van der Waals surface area contributed by atoms with Gasteiger partial charge in [-0.2, -0.15) is 28.6 Å². The van der Waals surface area contributed by atoms with Crippen LogP contribution in [-0.2, 0) is 13.0 Å². The number of hydrogen-bond acceptors (Lipinski definition) is 4. The van der Waals surface area contributed by atoms with Gasteiger partial charge in [-0.05, 0) is 12.2 Å². The number of nitrogens with zero attached hydrogens (tertiary/aromatic N) is 2. The fourth-order valence-corrected chi connectivity index (χ4v) is 4.53. The van der Waals surface area contributed by atoms with Gasteiger partial charge in [-0.25, -0.2) is 0 Å². The van der Waals surface area contributed by atoms with Crippen LogP contribution in [0.4, 0.5) is 0 Å². The fourth-order valence-electron chi connectivity index (χ4n) is 1.65. The first-order valence-electron chi connectivity index (χ1n) is 5.14. The van der Waals surface area contributed by atoms with Crippen LogP contribution in [0.15, 0.2) is 0 Å². The zero-order valence-electron chi connectivity index (χ0n) is 8.73. The Balaban J connectivity index is 2.08. The van der Waals surface area contributed by atoms with Crippen molar-refractivity contribution >= 4 is 35.7 Å². The van der Waals surface area contributed by atoms with E-state index in [1.807, 2.05) is 11.8 Å². The number of thioether (sulfide) groups is 2. The summed E-state index contributed by atoms with van der Waals surface area (Å²) in [6.45, 7) is 3.13. The molecule has 1 aromatic rings. The van der Waals surface area contributed by atoms with E-state index >= 15 is 0 Å². The number of aromatic nitrogens is 3. The van der Waals surface area contributed by atoms with E-state index in [0.717, 1.165) is 23.6 Å². The summed E-state index contributed by atoms with van der Waals surface area (Å²) in [6, 6.07) is 0. The highest BCUT2D eigenvalue weighted by Gasteiger charge is 2.16.